The summed E-state index contributed by atoms with van der Waals surface area (Å²) >= 11 is 0. The fourth-order valence-electron chi connectivity index (χ4n) is 3.02. The van der Waals surface area contributed by atoms with Gasteiger partial charge in [0, 0.05) is 25.3 Å². The second-order valence-corrected chi connectivity index (χ2v) is 6.37. The highest BCUT2D eigenvalue weighted by molar-refractivity contribution is 5.43. The SMILES string of the molecule is CC(C)c1cc(CN)cc(N(C)C2CCCCCC2)n1. The molecule has 0 spiro atoms. The van der Waals surface area contributed by atoms with Gasteiger partial charge in [-0.25, -0.2) is 4.98 Å². The van der Waals surface area contributed by atoms with Crippen LogP contribution in [0.25, 0.3) is 0 Å². The van der Waals surface area contributed by atoms with Gasteiger partial charge in [-0.3, -0.25) is 0 Å². The summed E-state index contributed by atoms with van der Waals surface area (Å²) in [6.07, 6.45) is 8.06. The quantitative estimate of drug-likeness (QED) is 0.849. The molecule has 0 aromatic carbocycles. The van der Waals surface area contributed by atoms with Crippen molar-refractivity contribution in [3.05, 3.63) is 23.4 Å². The summed E-state index contributed by atoms with van der Waals surface area (Å²) < 4.78 is 0. The molecule has 0 aliphatic heterocycles. The van der Waals surface area contributed by atoms with Crippen LogP contribution in [0.4, 0.5) is 5.82 Å². The summed E-state index contributed by atoms with van der Waals surface area (Å²) in [7, 11) is 2.20. The molecule has 2 rings (SSSR count). The molecule has 0 radical (unpaired) electrons. The normalized spacial score (nSPS) is 17.2. The summed E-state index contributed by atoms with van der Waals surface area (Å²) in [5.41, 5.74) is 8.19. The molecule has 1 aromatic heterocycles. The van der Waals surface area contributed by atoms with E-state index < -0.39 is 0 Å². The zero-order valence-corrected chi connectivity index (χ0v) is 13.2. The zero-order valence-electron chi connectivity index (χ0n) is 13.2. The number of nitrogens with two attached hydrogens (primary N) is 1. The summed E-state index contributed by atoms with van der Waals surface area (Å²) in [5, 5.41) is 0. The minimum absolute atomic E-state index is 0.447. The second-order valence-electron chi connectivity index (χ2n) is 6.37. The van der Waals surface area contributed by atoms with Gasteiger partial charge < -0.3 is 10.6 Å². The van der Waals surface area contributed by atoms with Crippen molar-refractivity contribution in [1.82, 2.24) is 4.98 Å². The predicted octanol–water partition coefficient (Wildman–Crippen LogP) is 3.82. The Labute approximate surface area is 123 Å². The standard InChI is InChI=1S/C17H29N3/c1-13(2)16-10-14(12-18)11-17(19-16)20(3)15-8-6-4-5-7-9-15/h10-11,13,15H,4-9,12,18H2,1-3H3. The maximum Gasteiger partial charge on any atom is 0.129 e. The van der Waals surface area contributed by atoms with E-state index in [1.165, 1.54) is 44.1 Å². The molecule has 0 amide bonds. The first-order valence-electron chi connectivity index (χ1n) is 8.05. The Balaban J connectivity index is 2.23. The van der Waals surface area contributed by atoms with E-state index in [1.54, 1.807) is 0 Å². The number of anilines is 1. The number of pyridine rings is 1. The fraction of sp³-hybridized carbons (Fsp3) is 0.706. The monoisotopic (exact) mass is 275 g/mol. The maximum atomic E-state index is 5.85. The number of rotatable bonds is 4. The van der Waals surface area contributed by atoms with Gasteiger partial charge in [0.25, 0.3) is 0 Å². The molecular formula is C17H29N3. The van der Waals surface area contributed by atoms with E-state index in [-0.39, 0.29) is 0 Å². The Morgan fingerprint density at radius 1 is 1.20 bits per heavy atom. The van der Waals surface area contributed by atoms with Crippen LogP contribution in [0.15, 0.2) is 12.1 Å². The van der Waals surface area contributed by atoms with E-state index >= 15 is 0 Å². The molecule has 1 aromatic rings. The van der Waals surface area contributed by atoms with Crippen molar-refractivity contribution < 1.29 is 0 Å². The van der Waals surface area contributed by atoms with Gasteiger partial charge in [-0.15, -0.1) is 0 Å². The highest BCUT2D eigenvalue weighted by atomic mass is 15.2. The van der Waals surface area contributed by atoms with E-state index in [2.05, 4.69) is 37.9 Å². The molecule has 1 aliphatic carbocycles. The average molecular weight is 275 g/mol. The Morgan fingerprint density at radius 3 is 2.40 bits per heavy atom. The first kappa shape index (κ1) is 15.3. The van der Waals surface area contributed by atoms with Crippen LogP contribution >= 0.6 is 0 Å². The highest BCUT2D eigenvalue weighted by Crippen LogP contribution is 2.26. The summed E-state index contributed by atoms with van der Waals surface area (Å²) in [6, 6.07) is 4.95. The lowest BCUT2D eigenvalue weighted by molar-refractivity contribution is 0.548. The van der Waals surface area contributed by atoms with Crippen LogP contribution in [0, 0.1) is 0 Å². The third-order valence-corrected chi connectivity index (χ3v) is 4.45. The fourth-order valence-corrected chi connectivity index (χ4v) is 3.02. The van der Waals surface area contributed by atoms with Crippen molar-refractivity contribution in [3.8, 4) is 0 Å². The highest BCUT2D eigenvalue weighted by Gasteiger charge is 2.19. The van der Waals surface area contributed by atoms with Gasteiger partial charge >= 0.3 is 0 Å². The Morgan fingerprint density at radius 2 is 1.85 bits per heavy atom. The second kappa shape index (κ2) is 7.07. The molecule has 1 fully saturated rings. The zero-order chi connectivity index (χ0) is 14.5. The lowest BCUT2D eigenvalue weighted by Crippen LogP contribution is -2.32. The van der Waals surface area contributed by atoms with Crippen LogP contribution in [0.5, 0.6) is 0 Å². The first-order chi connectivity index (χ1) is 9.61. The van der Waals surface area contributed by atoms with Gasteiger partial charge in [0.15, 0.2) is 0 Å². The van der Waals surface area contributed by atoms with Gasteiger partial charge in [-0.05, 0) is 36.5 Å². The molecule has 1 aliphatic rings. The van der Waals surface area contributed by atoms with Gasteiger partial charge in [-0.1, -0.05) is 39.5 Å². The van der Waals surface area contributed by atoms with Gasteiger partial charge in [0.1, 0.15) is 5.82 Å². The smallest absolute Gasteiger partial charge is 0.129 e. The summed E-state index contributed by atoms with van der Waals surface area (Å²) in [6.45, 7) is 4.98. The minimum Gasteiger partial charge on any atom is -0.357 e. The summed E-state index contributed by atoms with van der Waals surface area (Å²) in [4.78, 5) is 7.24. The molecule has 0 saturated heterocycles. The molecule has 112 valence electrons. The molecule has 3 heteroatoms. The molecule has 2 N–H and O–H groups in total. The van der Waals surface area contributed by atoms with Crippen LogP contribution in [0.2, 0.25) is 0 Å². The Bertz CT molecular complexity index is 420. The molecular weight excluding hydrogens is 246 g/mol. The van der Waals surface area contributed by atoms with Gasteiger partial charge in [0.2, 0.25) is 0 Å². The molecule has 1 saturated carbocycles. The van der Waals surface area contributed by atoms with Crippen molar-refractivity contribution in [2.24, 2.45) is 5.73 Å². The largest absolute Gasteiger partial charge is 0.357 e. The van der Waals surface area contributed by atoms with Gasteiger partial charge in [-0.2, -0.15) is 0 Å². The lowest BCUT2D eigenvalue weighted by Gasteiger charge is -2.29. The molecule has 0 atom stereocenters. The predicted molar refractivity (Wildman–Crippen MR) is 86.1 cm³/mol. The van der Waals surface area contributed by atoms with Crippen molar-refractivity contribution in [2.45, 2.75) is 70.9 Å². The van der Waals surface area contributed by atoms with Gasteiger partial charge in [0.05, 0.1) is 0 Å². The van der Waals surface area contributed by atoms with Crippen molar-refractivity contribution in [2.75, 3.05) is 11.9 Å². The Kier molecular flexibility index (Phi) is 5.41. The van der Waals surface area contributed by atoms with Crippen molar-refractivity contribution in [1.29, 1.82) is 0 Å². The average Bonchev–Trinajstić information content (AvgIpc) is 2.74. The van der Waals surface area contributed by atoms with E-state index in [1.807, 2.05) is 0 Å². The van der Waals surface area contributed by atoms with Crippen molar-refractivity contribution >= 4 is 5.82 Å². The number of hydrogen-bond acceptors (Lipinski definition) is 3. The minimum atomic E-state index is 0.447. The van der Waals surface area contributed by atoms with E-state index in [9.17, 15) is 0 Å². The number of hydrogen-bond donors (Lipinski definition) is 1. The molecule has 0 unspecified atom stereocenters. The van der Waals surface area contributed by atoms with Crippen molar-refractivity contribution in [3.63, 3.8) is 0 Å². The first-order valence-corrected chi connectivity index (χ1v) is 8.05. The third-order valence-electron chi connectivity index (χ3n) is 4.45. The third kappa shape index (κ3) is 3.72. The maximum absolute atomic E-state index is 5.85. The van der Waals surface area contributed by atoms with Crippen LogP contribution in [0.3, 0.4) is 0 Å². The number of nitrogens with zero attached hydrogens (tertiary/aromatic N) is 2. The van der Waals surface area contributed by atoms with E-state index in [0.29, 0.717) is 18.5 Å². The molecule has 1 heterocycles. The Hall–Kier alpha value is -1.09. The van der Waals surface area contributed by atoms with Crippen LogP contribution in [0.1, 0.15) is 69.5 Å². The van der Waals surface area contributed by atoms with Crippen LogP contribution in [-0.4, -0.2) is 18.1 Å². The van der Waals surface area contributed by atoms with Crippen LogP contribution < -0.4 is 10.6 Å². The van der Waals surface area contributed by atoms with E-state index in [4.69, 9.17) is 10.7 Å². The molecule has 20 heavy (non-hydrogen) atoms. The number of aromatic nitrogens is 1. The van der Waals surface area contributed by atoms with Crippen LogP contribution in [-0.2, 0) is 6.54 Å². The van der Waals surface area contributed by atoms with E-state index in [0.717, 1.165) is 11.5 Å². The molecule has 3 nitrogen and oxygen atoms in total. The topological polar surface area (TPSA) is 42.1 Å². The lowest BCUT2D eigenvalue weighted by atomic mass is 10.1. The molecule has 0 bridgehead atoms. The summed E-state index contributed by atoms with van der Waals surface area (Å²) in [5.74, 6) is 1.55.